The quantitative estimate of drug-likeness (QED) is 0.229. The van der Waals surface area contributed by atoms with Gasteiger partial charge in [-0.05, 0) is 49.7 Å². The number of carbonyl (C=O) groups is 2. The number of alkyl halides is 3. The minimum Gasteiger partial charge on any atom is -0.461 e. The van der Waals surface area contributed by atoms with Crippen LogP contribution in [0.2, 0.25) is 0 Å². The molecule has 0 bridgehead atoms. The zero-order valence-corrected chi connectivity index (χ0v) is 18.7. The minimum absolute atomic E-state index is 0.0452. The molecule has 0 atom stereocenters. The number of benzene rings is 2. The van der Waals surface area contributed by atoms with Crippen LogP contribution >= 0.6 is 11.3 Å². The molecule has 4 rings (SSSR count). The molecule has 0 aliphatic carbocycles. The van der Waals surface area contributed by atoms with Gasteiger partial charge in [0.1, 0.15) is 5.69 Å². The van der Waals surface area contributed by atoms with Crippen LogP contribution in [0.1, 0.15) is 45.1 Å². The second-order valence-electron chi connectivity index (χ2n) is 7.47. The Labute approximate surface area is 192 Å². The van der Waals surface area contributed by atoms with E-state index in [1.807, 2.05) is 18.2 Å². The van der Waals surface area contributed by atoms with E-state index in [2.05, 4.69) is 0 Å². The zero-order chi connectivity index (χ0) is 23.8. The Bertz CT molecular complexity index is 1350. The van der Waals surface area contributed by atoms with E-state index >= 15 is 0 Å². The molecule has 2 heterocycles. The number of ketones is 1. The fourth-order valence-corrected chi connectivity index (χ4v) is 4.78. The normalized spacial score (nSPS) is 11.7. The average Bonchev–Trinajstić information content (AvgIpc) is 3.37. The van der Waals surface area contributed by atoms with Crippen LogP contribution < -0.4 is 0 Å². The summed E-state index contributed by atoms with van der Waals surface area (Å²) in [5, 5.41) is 0.754. The third-order valence-electron chi connectivity index (χ3n) is 5.23. The van der Waals surface area contributed by atoms with Crippen molar-refractivity contribution < 1.29 is 27.5 Å². The SMILES string of the molecule is CCOC(=O)c1c(-c2ccc(C(C)=O)s2)c2ccccc2n1Cc1cccc(C(F)(F)F)c1. The fraction of sp³-hybridized carbons (Fsp3) is 0.200. The number of nitrogens with zero attached hydrogens (tertiary/aromatic N) is 1. The fourth-order valence-electron chi connectivity index (χ4n) is 3.82. The third kappa shape index (κ3) is 4.43. The van der Waals surface area contributed by atoms with Crippen molar-refractivity contribution in [2.24, 2.45) is 0 Å². The highest BCUT2D eigenvalue weighted by Gasteiger charge is 2.31. The molecule has 0 amide bonds. The molecule has 33 heavy (non-hydrogen) atoms. The number of thiophene rings is 1. The number of ether oxygens (including phenoxy) is 1. The summed E-state index contributed by atoms with van der Waals surface area (Å²) >= 11 is 1.26. The molecule has 2 aromatic heterocycles. The number of esters is 1. The summed E-state index contributed by atoms with van der Waals surface area (Å²) in [7, 11) is 0. The van der Waals surface area contributed by atoms with Crippen molar-refractivity contribution in [3.05, 3.63) is 82.4 Å². The van der Waals surface area contributed by atoms with Gasteiger partial charge in [-0.3, -0.25) is 4.79 Å². The topological polar surface area (TPSA) is 48.3 Å². The Morgan fingerprint density at radius 3 is 2.45 bits per heavy atom. The van der Waals surface area contributed by atoms with Gasteiger partial charge >= 0.3 is 12.1 Å². The summed E-state index contributed by atoms with van der Waals surface area (Å²) in [6.07, 6.45) is -4.47. The van der Waals surface area contributed by atoms with Crippen molar-refractivity contribution in [2.45, 2.75) is 26.6 Å². The lowest BCUT2D eigenvalue weighted by atomic mass is 10.1. The summed E-state index contributed by atoms with van der Waals surface area (Å²) in [6.45, 7) is 3.35. The van der Waals surface area contributed by atoms with Gasteiger partial charge in [-0.25, -0.2) is 4.79 Å². The number of hydrogen-bond donors (Lipinski definition) is 0. The standard InChI is InChI=1S/C25H20F3NO3S/c1-3-32-24(31)23-22(21-12-11-20(33-21)15(2)30)18-9-4-5-10-19(18)29(23)14-16-7-6-8-17(13-16)25(26,27)28/h4-13H,3,14H2,1-2H3. The number of fused-ring (bicyclic) bond motifs is 1. The van der Waals surface area contributed by atoms with E-state index in [1.54, 1.807) is 35.8 Å². The zero-order valence-electron chi connectivity index (χ0n) is 17.9. The Hall–Kier alpha value is -3.39. The third-order valence-corrected chi connectivity index (χ3v) is 6.44. The van der Waals surface area contributed by atoms with Crippen LogP contribution in [0.25, 0.3) is 21.3 Å². The number of hydrogen-bond acceptors (Lipinski definition) is 4. The van der Waals surface area contributed by atoms with Gasteiger partial charge in [0, 0.05) is 27.9 Å². The predicted octanol–water partition coefficient (Wildman–Crippen LogP) is 6.82. The van der Waals surface area contributed by atoms with E-state index in [9.17, 15) is 22.8 Å². The van der Waals surface area contributed by atoms with Gasteiger partial charge in [-0.2, -0.15) is 13.2 Å². The largest absolute Gasteiger partial charge is 0.461 e. The van der Waals surface area contributed by atoms with Gasteiger partial charge in [-0.15, -0.1) is 11.3 Å². The molecule has 4 nitrogen and oxygen atoms in total. The molecule has 2 aromatic carbocycles. The van der Waals surface area contributed by atoms with E-state index in [-0.39, 0.29) is 24.6 Å². The summed E-state index contributed by atoms with van der Waals surface area (Å²) in [5.41, 5.74) is 1.18. The van der Waals surface area contributed by atoms with Gasteiger partial charge in [0.05, 0.1) is 17.0 Å². The maximum Gasteiger partial charge on any atom is 0.416 e. The van der Waals surface area contributed by atoms with Gasteiger partial charge < -0.3 is 9.30 Å². The van der Waals surface area contributed by atoms with Crippen molar-refractivity contribution in [3.8, 4) is 10.4 Å². The highest BCUT2D eigenvalue weighted by atomic mass is 32.1. The van der Waals surface area contributed by atoms with Gasteiger partial charge in [0.25, 0.3) is 0 Å². The molecule has 0 spiro atoms. The van der Waals surface area contributed by atoms with Crippen molar-refractivity contribution in [1.29, 1.82) is 0 Å². The molecule has 0 aliphatic heterocycles. The lowest BCUT2D eigenvalue weighted by molar-refractivity contribution is -0.137. The summed E-state index contributed by atoms with van der Waals surface area (Å²) in [4.78, 5) is 26.2. The van der Waals surface area contributed by atoms with Gasteiger partial charge in [0.2, 0.25) is 0 Å². The second-order valence-corrected chi connectivity index (χ2v) is 8.55. The minimum atomic E-state index is -4.47. The first-order valence-electron chi connectivity index (χ1n) is 10.3. The number of rotatable bonds is 6. The molecule has 8 heteroatoms. The molecule has 0 aliphatic rings. The van der Waals surface area contributed by atoms with Gasteiger partial charge in [-0.1, -0.05) is 30.3 Å². The molecule has 0 N–H and O–H groups in total. The van der Waals surface area contributed by atoms with E-state index in [4.69, 9.17) is 4.74 Å². The molecule has 4 aromatic rings. The molecule has 0 saturated carbocycles. The van der Waals surface area contributed by atoms with E-state index in [0.29, 0.717) is 26.4 Å². The molecular weight excluding hydrogens is 451 g/mol. The lowest BCUT2D eigenvalue weighted by Gasteiger charge is -2.13. The molecule has 0 radical (unpaired) electrons. The maximum atomic E-state index is 13.3. The van der Waals surface area contributed by atoms with Crippen LogP contribution in [-0.4, -0.2) is 22.9 Å². The van der Waals surface area contributed by atoms with E-state index in [0.717, 1.165) is 17.5 Å². The number of Topliss-reactive ketones (excluding diaryl/α,β-unsaturated/α-hetero) is 1. The number of aromatic nitrogens is 1. The predicted molar refractivity (Wildman–Crippen MR) is 122 cm³/mol. The van der Waals surface area contributed by atoms with Crippen LogP contribution in [0.4, 0.5) is 13.2 Å². The molecular formula is C25H20F3NO3S. The van der Waals surface area contributed by atoms with Crippen LogP contribution in [0.3, 0.4) is 0 Å². The molecule has 0 unspecified atom stereocenters. The smallest absolute Gasteiger partial charge is 0.416 e. The van der Waals surface area contributed by atoms with Crippen LogP contribution in [0.5, 0.6) is 0 Å². The van der Waals surface area contributed by atoms with Crippen molar-refractivity contribution in [2.75, 3.05) is 6.61 Å². The highest BCUT2D eigenvalue weighted by molar-refractivity contribution is 7.17. The summed E-state index contributed by atoms with van der Waals surface area (Å²) < 4.78 is 46.8. The number of carbonyl (C=O) groups excluding carboxylic acids is 2. The van der Waals surface area contributed by atoms with Crippen LogP contribution in [0, 0.1) is 0 Å². The average molecular weight is 472 g/mol. The number of para-hydroxylation sites is 1. The molecule has 0 saturated heterocycles. The monoisotopic (exact) mass is 471 g/mol. The first kappa shape index (κ1) is 22.8. The first-order chi connectivity index (χ1) is 15.7. The Morgan fingerprint density at radius 2 is 1.79 bits per heavy atom. The van der Waals surface area contributed by atoms with E-state index in [1.165, 1.54) is 24.3 Å². The van der Waals surface area contributed by atoms with E-state index < -0.39 is 17.7 Å². The Kier molecular flexibility index (Phi) is 6.12. The van der Waals surface area contributed by atoms with Crippen LogP contribution in [-0.2, 0) is 17.5 Å². The summed E-state index contributed by atoms with van der Waals surface area (Å²) in [6, 6.07) is 15.8. The van der Waals surface area contributed by atoms with Crippen molar-refractivity contribution in [3.63, 3.8) is 0 Å². The first-order valence-corrected chi connectivity index (χ1v) is 11.1. The lowest BCUT2D eigenvalue weighted by Crippen LogP contribution is -2.14. The van der Waals surface area contributed by atoms with Gasteiger partial charge in [0.15, 0.2) is 5.78 Å². The molecule has 0 fully saturated rings. The second kappa shape index (κ2) is 8.86. The summed E-state index contributed by atoms with van der Waals surface area (Å²) in [5.74, 6) is -0.662. The van der Waals surface area contributed by atoms with Crippen LogP contribution in [0.15, 0.2) is 60.7 Å². The highest BCUT2D eigenvalue weighted by Crippen LogP contribution is 2.40. The Morgan fingerprint density at radius 1 is 1.03 bits per heavy atom. The molecule has 170 valence electrons. The van der Waals surface area contributed by atoms with Crippen molar-refractivity contribution in [1.82, 2.24) is 4.57 Å². The Balaban J connectivity index is 1.95. The maximum absolute atomic E-state index is 13.3. The van der Waals surface area contributed by atoms with Crippen molar-refractivity contribution >= 4 is 34.0 Å². The number of halogens is 3.